The first kappa shape index (κ1) is 8.54. The van der Waals surface area contributed by atoms with Gasteiger partial charge in [0.25, 0.3) is 0 Å². The average molecular weight is 157 g/mol. The molecule has 0 spiro atoms. The highest BCUT2D eigenvalue weighted by atomic mass is 35.5. The maximum Gasteiger partial charge on any atom is 0.0717 e. The van der Waals surface area contributed by atoms with Crippen molar-refractivity contribution in [1.29, 1.82) is 0 Å². The first-order chi connectivity index (χ1) is 3.85. The predicted octanol–water partition coefficient (Wildman–Crippen LogP) is 1.87. The van der Waals surface area contributed by atoms with Crippen molar-refractivity contribution < 1.29 is 4.74 Å². The van der Waals surface area contributed by atoms with Crippen LogP contribution in [0.25, 0.3) is 0 Å². The SMILES string of the molecule is COC(CCl)CCCl. The fourth-order valence-corrected chi connectivity index (χ4v) is 0.903. The number of ether oxygens (including phenoxy) is 1. The summed E-state index contributed by atoms with van der Waals surface area (Å²) in [7, 11) is 1.64. The predicted molar refractivity (Wildman–Crippen MR) is 36.9 cm³/mol. The second-order valence-corrected chi connectivity index (χ2v) is 2.18. The number of rotatable bonds is 4. The molecule has 50 valence electrons. The van der Waals surface area contributed by atoms with Gasteiger partial charge < -0.3 is 4.74 Å². The third-order valence-electron chi connectivity index (χ3n) is 0.937. The summed E-state index contributed by atoms with van der Waals surface area (Å²) in [6.45, 7) is 0. The lowest BCUT2D eigenvalue weighted by Gasteiger charge is -2.07. The van der Waals surface area contributed by atoms with Crippen molar-refractivity contribution in [2.24, 2.45) is 0 Å². The molecule has 8 heavy (non-hydrogen) atoms. The van der Waals surface area contributed by atoms with E-state index in [1.54, 1.807) is 7.11 Å². The molecular formula is C5H10Cl2O. The van der Waals surface area contributed by atoms with Gasteiger partial charge in [0.15, 0.2) is 0 Å². The number of halogens is 2. The van der Waals surface area contributed by atoms with E-state index >= 15 is 0 Å². The molecule has 0 aromatic rings. The van der Waals surface area contributed by atoms with E-state index in [0.29, 0.717) is 11.8 Å². The quantitative estimate of drug-likeness (QED) is 0.566. The second kappa shape index (κ2) is 5.67. The van der Waals surface area contributed by atoms with E-state index in [1.807, 2.05) is 0 Å². The molecule has 0 radical (unpaired) electrons. The Kier molecular flexibility index (Phi) is 6.06. The van der Waals surface area contributed by atoms with Crippen LogP contribution in [0.3, 0.4) is 0 Å². The third-order valence-corrected chi connectivity index (χ3v) is 1.50. The molecule has 0 N–H and O–H groups in total. The fourth-order valence-electron chi connectivity index (χ4n) is 0.380. The van der Waals surface area contributed by atoms with Crippen LogP contribution in [-0.2, 0) is 4.74 Å². The van der Waals surface area contributed by atoms with Gasteiger partial charge in [-0.15, -0.1) is 23.2 Å². The lowest BCUT2D eigenvalue weighted by atomic mass is 10.3. The minimum absolute atomic E-state index is 0.133. The summed E-state index contributed by atoms with van der Waals surface area (Å²) in [6, 6.07) is 0. The third kappa shape index (κ3) is 3.53. The van der Waals surface area contributed by atoms with Crippen molar-refractivity contribution in [3.63, 3.8) is 0 Å². The molecule has 0 aliphatic rings. The van der Waals surface area contributed by atoms with Gasteiger partial charge in [-0.3, -0.25) is 0 Å². The number of alkyl halides is 2. The van der Waals surface area contributed by atoms with Crippen molar-refractivity contribution >= 4 is 23.2 Å². The Morgan fingerprint density at radius 1 is 1.50 bits per heavy atom. The van der Waals surface area contributed by atoms with Gasteiger partial charge in [-0.2, -0.15) is 0 Å². The molecule has 0 aliphatic heterocycles. The van der Waals surface area contributed by atoms with Crippen LogP contribution in [0.1, 0.15) is 6.42 Å². The van der Waals surface area contributed by atoms with E-state index in [4.69, 9.17) is 27.9 Å². The Hall–Kier alpha value is 0.540. The van der Waals surface area contributed by atoms with Gasteiger partial charge in [0.05, 0.1) is 6.10 Å². The summed E-state index contributed by atoms with van der Waals surface area (Å²) in [5.74, 6) is 1.15. The zero-order valence-corrected chi connectivity index (χ0v) is 6.37. The van der Waals surface area contributed by atoms with Crippen LogP contribution < -0.4 is 0 Å². The monoisotopic (exact) mass is 156 g/mol. The topological polar surface area (TPSA) is 9.23 Å². The first-order valence-electron chi connectivity index (χ1n) is 2.49. The van der Waals surface area contributed by atoms with Gasteiger partial charge in [0.2, 0.25) is 0 Å². The summed E-state index contributed by atoms with van der Waals surface area (Å²) in [5, 5.41) is 0. The minimum Gasteiger partial charge on any atom is -0.380 e. The molecule has 0 saturated carbocycles. The lowest BCUT2D eigenvalue weighted by Crippen LogP contribution is -2.12. The molecule has 0 aromatic carbocycles. The summed E-state index contributed by atoms with van der Waals surface area (Å²) < 4.78 is 4.92. The molecule has 1 atom stereocenters. The normalized spacial score (nSPS) is 13.9. The zero-order valence-electron chi connectivity index (χ0n) is 4.86. The largest absolute Gasteiger partial charge is 0.380 e. The van der Waals surface area contributed by atoms with Gasteiger partial charge in [0.1, 0.15) is 0 Å². The van der Waals surface area contributed by atoms with E-state index in [0.717, 1.165) is 6.42 Å². The number of hydrogen-bond donors (Lipinski definition) is 0. The van der Waals surface area contributed by atoms with E-state index in [1.165, 1.54) is 0 Å². The maximum absolute atomic E-state index is 5.46. The fraction of sp³-hybridized carbons (Fsp3) is 1.00. The molecule has 0 saturated heterocycles. The van der Waals surface area contributed by atoms with Crippen LogP contribution in [0.2, 0.25) is 0 Å². The first-order valence-corrected chi connectivity index (χ1v) is 3.56. The minimum atomic E-state index is 0.133. The van der Waals surface area contributed by atoms with Crippen LogP contribution in [-0.4, -0.2) is 25.0 Å². The number of hydrogen-bond acceptors (Lipinski definition) is 1. The maximum atomic E-state index is 5.46. The molecule has 0 heterocycles. The van der Waals surface area contributed by atoms with Gasteiger partial charge in [-0.05, 0) is 6.42 Å². The second-order valence-electron chi connectivity index (χ2n) is 1.49. The van der Waals surface area contributed by atoms with Crippen molar-refractivity contribution in [2.45, 2.75) is 12.5 Å². The Balaban J connectivity index is 3.07. The van der Waals surface area contributed by atoms with E-state index in [2.05, 4.69) is 0 Å². The van der Waals surface area contributed by atoms with Crippen LogP contribution in [0, 0.1) is 0 Å². The van der Waals surface area contributed by atoms with Crippen LogP contribution in [0.4, 0.5) is 0 Å². The Morgan fingerprint density at radius 3 is 2.25 bits per heavy atom. The summed E-state index contributed by atoms with van der Waals surface area (Å²) in [5.41, 5.74) is 0. The smallest absolute Gasteiger partial charge is 0.0717 e. The van der Waals surface area contributed by atoms with Crippen LogP contribution in [0.5, 0.6) is 0 Å². The number of methoxy groups -OCH3 is 1. The molecule has 0 bridgehead atoms. The van der Waals surface area contributed by atoms with Crippen molar-refractivity contribution in [2.75, 3.05) is 18.9 Å². The average Bonchev–Trinajstić information content (AvgIpc) is 1.83. The highest BCUT2D eigenvalue weighted by Gasteiger charge is 2.01. The van der Waals surface area contributed by atoms with Gasteiger partial charge in [-0.25, -0.2) is 0 Å². The standard InChI is InChI=1S/C5H10Cl2O/c1-8-5(4-7)2-3-6/h5H,2-4H2,1H3. The Bertz CT molecular complexity index is 45.7. The summed E-state index contributed by atoms with van der Waals surface area (Å²) in [6.07, 6.45) is 0.968. The lowest BCUT2D eigenvalue weighted by molar-refractivity contribution is 0.119. The molecule has 1 nitrogen and oxygen atoms in total. The van der Waals surface area contributed by atoms with Crippen molar-refractivity contribution in [3.8, 4) is 0 Å². The van der Waals surface area contributed by atoms with E-state index in [-0.39, 0.29) is 6.10 Å². The Morgan fingerprint density at radius 2 is 2.12 bits per heavy atom. The van der Waals surface area contributed by atoms with E-state index in [9.17, 15) is 0 Å². The molecule has 0 rings (SSSR count). The molecule has 0 fully saturated rings. The van der Waals surface area contributed by atoms with Crippen LogP contribution in [0.15, 0.2) is 0 Å². The summed E-state index contributed by atoms with van der Waals surface area (Å²) in [4.78, 5) is 0. The molecule has 3 heteroatoms. The molecule has 0 aromatic heterocycles. The van der Waals surface area contributed by atoms with Gasteiger partial charge >= 0.3 is 0 Å². The van der Waals surface area contributed by atoms with Crippen molar-refractivity contribution in [1.82, 2.24) is 0 Å². The van der Waals surface area contributed by atoms with Gasteiger partial charge in [-0.1, -0.05) is 0 Å². The molecule has 0 aliphatic carbocycles. The van der Waals surface area contributed by atoms with Gasteiger partial charge in [0, 0.05) is 18.9 Å². The molecule has 1 unspecified atom stereocenters. The summed E-state index contributed by atoms with van der Waals surface area (Å²) >= 11 is 10.9. The van der Waals surface area contributed by atoms with Crippen LogP contribution >= 0.6 is 23.2 Å². The highest BCUT2D eigenvalue weighted by molar-refractivity contribution is 6.19. The zero-order chi connectivity index (χ0) is 6.41. The highest BCUT2D eigenvalue weighted by Crippen LogP contribution is 2.00. The molecular weight excluding hydrogens is 147 g/mol. The van der Waals surface area contributed by atoms with E-state index < -0.39 is 0 Å². The Labute approximate surface area is 59.9 Å². The molecule has 0 amide bonds. The van der Waals surface area contributed by atoms with Crippen molar-refractivity contribution in [3.05, 3.63) is 0 Å².